The van der Waals surface area contributed by atoms with Crippen LogP contribution >= 0.6 is 0 Å². The van der Waals surface area contributed by atoms with Crippen molar-refractivity contribution in [3.05, 3.63) is 70.4 Å². The van der Waals surface area contributed by atoms with E-state index in [1.807, 2.05) is 6.08 Å². The van der Waals surface area contributed by atoms with Gasteiger partial charge in [0.2, 0.25) is 0 Å². The van der Waals surface area contributed by atoms with Crippen molar-refractivity contribution in [3.8, 4) is 5.75 Å². The maximum Gasteiger partial charge on any atom is 0.415 e. The summed E-state index contributed by atoms with van der Waals surface area (Å²) in [5.41, 5.74) is 2.54. The van der Waals surface area contributed by atoms with E-state index in [-0.39, 0.29) is 18.1 Å². The monoisotopic (exact) mass is 490 g/mol. The van der Waals surface area contributed by atoms with Crippen molar-refractivity contribution in [2.24, 2.45) is 0 Å². The summed E-state index contributed by atoms with van der Waals surface area (Å²) in [6.07, 6.45) is 5.49. The Labute approximate surface area is 205 Å². The van der Waals surface area contributed by atoms with Gasteiger partial charge in [-0.2, -0.15) is 0 Å². The summed E-state index contributed by atoms with van der Waals surface area (Å²) < 4.78 is 26.5. The average Bonchev–Trinajstić information content (AvgIpc) is 3.19. The van der Waals surface area contributed by atoms with Crippen LogP contribution in [0.4, 0.5) is 20.6 Å². The molecule has 4 heterocycles. The largest absolute Gasteiger partial charge is 0.482 e. The zero-order chi connectivity index (χ0) is 24.9. The number of carbonyl (C=O) groups excluding carboxylic acids is 2. The number of pyridine rings is 2. The molecule has 0 bridgehead atoms. The Morgan fingerprint density at radius 3 is 2.78 bits per heavy atom. The normalized spacial score (nSPS) is 21.2. The van der Waals surface area contributed by atoms with Crippen LogP contribution in [0.25, 0.3) is 11.0 Å². The molecule has 2 aliphatic heterocycles. The molecule has 1 spiro atoms. The zero-order valence-electron chi connectivity index (χ0n) is 19.3. The summed E-state index contributed by atoms with van der Waals surface area (Å²) in [5, 5.41) is 2.76. The molecule has 9 nitrogen and oxygen atoms in total. The van der Waals surface area contributed by atoms with E-state index in [2.05, 4.69) is 10.3 Å². The first-order valence-electron chi connectivity index (χ1n) is 11.8. The Morgan fingerprint density at radius 1 is 1.11 bits per heavy atom. The van der Waals surface area contributed by atoms with Crippen LogP contribution in [0, 0.1) is 5.82 Å². The van der Waals surface area contributed by atoms with Crippen LogP contribution in [-0.4, -0.2) is 40.3 Å². The highest BCUT2D eigenvalue weighted by molar-refractivity contribution is 5.97. The molecule has 36 heavy (non-hydrogen) atoms. The summed E-state index contributed by atoms with van der Waals surface area (Å²) in [6, 6.07) is 9.59. The quantitative estimate of drug-likeness (QED) is 0.561. The van der Waals surface area contributed by atoms with Gasteiger partial charge in [0.1, 0.15) is 17.2 Å². The third-order valence-corrected chi connectivity index (χ3v) is 7.05. The standard InChI is InChI=1S/C26H23FN4O5/c27-17-11-21-19(28-13-17)2-4-24(33)30(21)10-7-16-5-8-26(9-6-16)15-31(25(34)36-26)18-1-3-22-20(12-18)29-23(32)14-35-22/h1-4,7,11-13H,5-6,8-10,14-15H2,(H,29,32). The summed E-state index contributed by atoms with van der Waals surface area (Å²) in [5.74, 6) is -0.161. The van der Waals surface area contributed by atoms with Crippen LogP contribution in [-0.2, 0) is 16.1 Å². The lowest BCUT2D eigenvalue weighted by Gasteiger charge is -2.32. The minimum absolute atomic E-state index is 0.0278. The van der Waals surface area contributed by atoms with Crippen LogP contribution < -0.4 is 20.5 Å². The zero-order valence-corrected chi connectivity index (χ0v) is 19.3. The molecule has 10 heteroatoms. The molecular formula is C26H23FN4O5. The van der Waals surface area contributed by atoms with Gasteiger partial charge >= 0.3 is 6.09 Å². The third kappa shape index (κ3) is 3.98. The van der Waals surface area contributed by atoms with Crippen LogP contribution in [0.3, 0.4) is 0 Å². The first-order valence-corrected chi connectivity index (χ1v) is 11.8. The molecule has 2 amide bonds. The van der Waals surface area contributed by atoms with Gasteiger partial charge in [-0.05, 0) is 49.9 Å². The van der Waals surface area contributed by atoms with E-state index in [4.69, 9.17) is 9.47 Å². The lowest BCUT2D eigenvalue weighted by molar-refractivity contribution is -0.118. The lowest BCUT2D eigenvalue weighted by Crippen LogP contribution is -2.37. The molecule has 3 aromatic rings. The van der Waals surface area contributed by atoms with Gasteiger partial charge in [0.15, 0.2) is 6.61 Å². The Morgan fingerprint density at radius 2 is 1.94 bits per heavy atom. The molecule has 1 saturated heterocycles. The highest BCUT2D eigenvalue weighted by Gasteiger charge is 2.47. The number of anilines is 2. The fraction of sp³-hybridized carbons (Fsp3) is 0.308. The van der Waals surface area contributed by atoms with Gasteiger partial charge in [-0.1, -0.05) is 11.6 Å². The highest BCUT2D eigenvalue weighted by Crippen LogP contribution is 2.42. The van der Waals surface area contributed by atoms with E-state index in [0.29, 0.717) is 54.1 Å². The molecule has 184 valence electrons. The summed E-state index contributed by atoms with van der Waals surface area (Å²) in [4.78, 5) is 42.5. The number of hydrogen-bond donors (Lipinski definition) is 1. The van der Waals surface area contributed by atoms with Crippen LogP contribution in [0.15, 0.2) is 59.0 Å². The molecule has 1 aromatic carbocycles. The maximum atomic E-state index is 13.7. The number of aromatic nitrogens is 2. The van der Waals surface area contributed by atoms with E-state index in [1.54, 1.807) is 29.2 Å². The Bertz CT molecular complexity index is 1490. The van der Waals surface area contributed by atoms with E-state index in [9.17, 15) is 18.8 Å². The third-order valence-electron chi connectivity index (χ3n) is 7.05. The van der Waals surface area contributed by atoms with Gasteiger partial charge in [-0.15, -0.1) is 0 Å². The fourth-order valence-electron chi connectivity index (χ4n) is 5.10. The minimum Gasteiger partial charge on any atom is -0.482 e. The molecule has 0 radical (unpaired) electrons. The fourth-order valence-corrected chi connectivity index (χ4v) is 5.10. The van der Waals surface area contributed by atoms with E-state index in [0.717, 1.165) is 24.6 Å². The van der Waals surface area contributed by atoms with Crippen molar-refractivity contribution < 1.29 is 23.5 Å². The first-order chi connectivity index (χ1) is 17.4. The highest BCUT2D eigenvalue weighted by atomic mass is 19.1. The molecule has 0 unspecified atom stereocenters. The average molecular weight is 490 g/mol. The maximum absolute atomic E-state index is 13.7. The molecule has 6 rings (SSSR count). The van der Waals surface area contributed by atoms with Gasteiger partial charge in [-0.3, -0.25) is 19.5 Å². The predicted octanol–water partition coefficient (Wildman–Crippen LogP) is 3.76. The molecule has 1 saturated carbocycles. The van der Waals surface area contributed by atoms with Crippen molar-refractivity contribution in [2.75, 3.05) is 23.4 Å². The van der Waals surface area contributed by atoms with Gasteiger partial charge in [0, 0.05) is 24.4 Å². The van der Waals surface area contributed by atoms with E-state index in [1.165, 1.54) is 16.7 Å². The number of halogens is 1. The second-order valence-corrected chi connectivity index (χ2v) is 9.36. The number of nitrogens with one attached hydrogen (secondary N) is 1. The van der Waals surface area contributed by atoms with E-state index >= 15 is 0 Å². The molecular weight excluding hydrogens is 467 g/mol. The Balaban J connectivity index is 1.16. The predicted molar refractivity (Wildman–Crippen MR) is 130 cm³/mol. The number of benzene rings is 1. The molecule has 3 aliphatic rings. The number of ether oxygens (including phenoxy) is 2. The van der Waals surface area contributed by atoms with Gasteiger partial charge in [-0.25, -0.2) is 9.18 Å². The van der Waals surface area contributed by atoms with Gasteiger partial charge < -0.3 is 19.4 Å². The molecule has 1 N–H and O–H groups in total. The van der Waals surface area contributed by atoms with Crippen LogP contribution in [0.5, 0.6) is 5.75 Å². The Hall–Kier alpha value is -4.21. The minimum atomic E-state index is -0.590. The Kier molecular flexibility index (Phi) is 5.24. The first kappa shape index (κ1) is 22.3. The smallest absolute Gasteiger partial charge is 0.415 e. The number of hydrogen-bond acceptors (Lipinski definition) is 6. The topological polar surface area (TPSA) is 103 Å². The summed E-state index contributed by atoms with van der Waals surface area (Å²) in [7, 11) is 0. The van der Waals surface area contributed by atoms with Crippen molar-refractivity contribution in [1.29, 1.82) is 0 Å². The number of allylic oxidation sites excluding steroid dienone is 2. The number of nitrogens with zero attached hydrogens (tertiary/aromatic N) is 3. The van der Waals surface area contributed by atoms with Gasteiger partial charge in [0.05, 0.1) is 29.5 Å². The van der Waals surface area contributed by atoms with Crippen molar-refractivity contribution in [3.63, 3.8) is 0 Å². The number of carbonyl (C=O) groups is 2. The van der Waals surface area contributed by atoms with Crippen LogP contribution in [0.1, 0.15) is 25.7 Å². The number of amides is 2. The van der Waals surface area contributed by atoms with Crippen molar-refractivity contribution >= 4 is 34.4 Å². The molecule has 0 atom stereocenters. The van der Waals surface area contributed by atoms with Crippen LogP contribution in [0.2, 0.25) is 0 Å². The van der Waals surface area contributed by atoms with Crippen molar-refractivity contribution in [1.82, 2.24) is 9.55 Å². The number of rotatable bonds is 3. The SMILES string of the molecule is O=C1COc2ccc(N3CC4(CCC(=CCn5c(=O)ccc6ncc(F)cc65)CC4)OC3=O)cc2N1. The summed E-state index contributed by atoms with van der Waals surface area (Å²) in [6.45, 7) is 0.707. The summed E-state index contributed by atoms with van der Waals surface area (Å²) >= 11 is 0. The second-order valence-electron chi connectivity index (χ2n) is 9.36. The second kappa shape index (κ2) is 8.47. The molecule has 1 aliphatic carbocycles. The van der Waals surface area contributed by atoms with E-state index < -0.39 is 17.5 Å². The number of fused-ring (bicyclic) bond motifs is 2. The van der Waals surface area contributed by atoms with Gasteiger partial charge in [0.25, 0.3) is 11.5 Å². The lowest BCUT2D eigenvalue weighted by atomic mass is 9.82. The molecule has 2 fully saturated rings. The molecule has 2 aromatic heterocycles. The van der Waals surface area contributed by atoms with Crippen molar-refractivity contribution in [2.45, 2.75) is 37.8 Å².